The Kier molecular flexibility index (Phi) is 4.07. The van der Waals surface area contributed by atoms with Crippen molar-refractivity contribution in [2.75, 3.05) is 0 Å². The van der Waals surface area contributed by atoms with Gasteiger partial charge >= 0.3 is 0 Å². The third-order valence-electron chi connectivity index (χ3n) is 3.70. The lowest BCUT2D eigenvalue weighted by Gasteiger charge is -2.29. The van der Waals surface area contributed by atoms with Crippen molar-refractivity contribution in [2.24, 2.45) is 5.73 Å². The molecule has 3 N–H and O–H groups in total. The van der Waals surface area contributed by atoms with Gasteiger partial charge in [-0.3, -0.25) is 4.79 Å². The predicted molar refractivity (Wildman–Crippen MR) is 72.5 cm³/mol. The Morgan fingerprint density at radius 3 is 2.83 bits per heavy atom. The summed E-state index contributed by atoms with van der Waals surface area (Å²) in [7, 11) is 0. The molecule has 0 saturated heterocycles. The summed E-state index contributed by atoms with van der Waals surface area (Å²) in [6, 6.07) is 4.30. The van der Waals surface area contributed by atoms with Crippen molar-refractivity contribution in [3.63, 3.8) is 0 Å². The van der Waals surface area contributed by atoms with Crippen molar-refractivity contribution in [3.8, 4) is 0 Å². The number of nitrogens with two attached hydrogens (primary N) is 1. The number of amides is 1. The number of carbonyl (C=O) groups excluding carboxylic acids is 1. The lowest BCUT2D eigenvalue weighted by atomic mass is 9.91. The molecule has 1 fully saturated rings. The first-order chi connectivity index (χ1) is 8.59. The lowest BCUT2D eigenvalue weighted by molar-refractivity contribution is 0.0910. The van der Waals surface area contributed by atoms with Crippen LogP contribution in [0.3, 0.4) is 0 Å². The van der Waals surface area contributed by atoms with E-state index in [1.807, 2.05) is 22.9 Å². The Morgan fingerprint density at radius 2 is 2.17 bits per heavy atom. The first-order valence-corrected chi connectivity index (χ1v) is 6.83. The Morgan fingerprint density at radius 1 is 1.44 bits per heavy atom. The topological polar surface area (TPSA) is 60.0 Å². The molecule has 1 amide bonds. The Hall–Kier alpha value is -1.29. The summed E-state index contributed by atoms with van der Waals surface area (Å²) in [5.41, 5.74) is 6.78. The second-order valence-corrected chi connectivity index (χ2v) is 5.42. The molecular weight excluding hydrogens is 226 g/mol. The minimum atomic E-state index is -0.00366. The van der Waals surface area contributed by atoms with E-state index >= 15 is 0 Å². The molecule has 0 spiro atoms. The third-order valence-corrected chi connectivity index (χ3v) is 3.70. The standard InChI is InChI=1S/C14H23N3O/c1-10(2)17-9-5-8-13(17)14(18)16-12-7-4-3-6-11(12)15/h5,8-12H,3-4,6-7,15H2,1-2H3,(H,16,18). The highest BCUT2D eigenvalue weighted by molar-refractivity contribution is 5.93. The zero-order valence-electron chi connectivity index (χ0n) is 11.2. The van der Waals surface area contributed by atoms with Gasteiger partial charge in [-0.05, 0) is 38.8 Å². The molecule has 0 radical (unpaired) electrons. The zero-order chi connectivity index (χ0) is 13.1. The monoisotopic (exact) mass is 249 g/mol. The quantitative estimate of drug-likeness (QED) is 0.861. The molecule has 4 heteroatoms. The van der Waals surface area contributed by atoms with Crippen LogP contribution < -0.4 is 11.1 Å². The first-order valence-electron chi connectivity index (χ1n) is 6.83. The number of hydrogen-bond acceptors (Lipinski definition) is 2. The van der Waals surface area contributed by atoms with Gasteiger partial charge in [-0.1, -0.05) is 12.8 Å². The van der Waals surface area contributed by atoms with E-state index in [-0.39, 0.29) is 18.0 Å². The summed E-state index contributed by atoms with van der Waals surface area (Å²) in [4.78, 5) is 12.3. The molecule has 1 saturated carbocycles. The van der Waals surface area contributed by atoms with Crippen LogP contribution in [0.5, 0.6) is 0 Å². The van der Waals surface area contributed by atoms with E-state index in [1.165, 1.54) is 6.42 Å². The zero-order valence-corrected chi connectivity index (χ0v) is 11.2. The first kappa shape index (κ1) is 13.1. The highest BCUT2D eigenvalue weighted by atomic mass is 16.2. The van der Waals surface area contributed by atoms with E-state index in [0.29, 0.717) is 6.04 Å². The van der Waals surface area contributed by atoms with Crippen LogP contribution in [0, 0.1) is 0 Å². The molecule has 18 heavy (non-hydrogen) atoms. The summed E-state index contributed by atoms with van der Waals surface area (Å²) in [6.07, 6.45) is 6.28. The SMILES string of the molecule is CC(C)n1cccc1C(=O)NC1CCCCC1N. The predicted octanol–water partition coefficient (Wildman–Crippen LogP) is 2.07. The van der Waals surface area contributed by atoms with E-state index in [2.05, 4.69) is 19.2 Å². The van der Waals surface area contributed by atoms with Gasteiger partial charge in [0.15, 0.2) is 0 Å². The van der Waals surface area contributed by atoms with Crippen LogP contribution in [0.4, 0.5) is 0 Å². The Bertz CT molecular complexity index is 411. The van der Waals surface area contributed by atoms with Gasteiger partial charge in [-0.15, -0.1) is 0 Å². The van der Waals surface area contributed by atoms with Crippen molar-refractivity contribution in [1.82, 2.24) is 9.88 Å². The maximum atomic E-state index is 12.3. The van der Waals surface area contributed by atoms with Gasteiger partial charge in [-0.2, -0.15) is 0 Å². The van der Waals surface area contributed by atoms with Crippen LogP contribution in [0.25, 0.3) is 0 Å². The average Bonchev–Trinajstić information content (AvgIpc) is 2.81. The highest BCUT2D eigenvalue weighted by Gasteiger charge is 2.24. The maximum absolute atomic E-state index is 12.3. The minimum Gasteiger partial charge on any atom is -0.346 e. The van der Waals surface area contributed by atoms with Crippen LogP contribution in [-0.4, -0.2) is 22.6 Å². The number of nitrogens with one attached hydrogen (secondary N) is 1. The molecule has 2 rings (SSSR count). The molecule has 1 aromatic heterocycles. The van der Waals surface area contributed by atoms with E-state index in [9.17, 15) is 4.79 Å². The number of aromatic nitrogens is 1. The van der Waals surface area contributed by atoms with Crippen molar-refractivity contribution in [3.05, 3.63) is 24.0 Å². The molecule has 1 aliphatic carbocycles. The second kappa shape index (κ2) is 5.57. The summed E-state index contributed by atoms with van der Waals surface area (Å²) in [5.74, 6) is -0.00366. The van der Waals surface area contributed by atoms with Crippen LogP contribution in [0.15, 0.2) is 18.3 Å². The fraction of sp³-hybridized carbons (Fsp3) is 0.643. The molecule has 1 aliphatic rings. The van der Waals surface area contributed by atoms with Gasteiger partial charge in [0.2, 0.25) is 0 Å². The van der Waals surface area contributed by atoms with E-state index in [1.54, 1.807) is 0 Å². The normalized spacial score (nSPS) is 24.2. The molecule has 100 valence electrons. The van der Waals surface area contributed by atoms with Gasteiger partial charge < -0.3 is 15.6 Å². The molecule has 0 aliphatic heterocycles. The summed E-state index contributed by atoms with van der Waals surface area (Å²) < 4.78 is 1.99. The van der Waals surface area contributed by atoms with Crippen molar-refractivity contribution in [2.45, 2.75) is 57.7 Å². The highest BCUT2D eigenvalue weighted by Crippen LogP contribution is 2.18. The molecule has 1 aromatic rings. The van der Waals surface area contributed by atoms with Gasteiger partial charge in [0, 0.05) is 24.3 Å². The van der Waals surface area contributed by atoms with E-state index in [4.69, 9.17) is 5.73 Å². The van der Waals surface area contributed by atoms with Gasteiger partial charge in [0.05, 0.1) is 0 Å². The van der Waals surface area contributed by atoms with E-state index < -0.39 is 0 Å². The van der Waals surface area contributed by atoms with Crippen LogP contribution in [0.2, 0.25) is 0 Å². The summed E-state index contributed by atoms with van der Waals surface area (Å²) >= 11 is 0. The van der Waals surface area contributed by atoms with Crippen LogP contribution in [0.1, 0.15) is 56.1 Å². The Labute approximate surface area is 109 Å². The van der Waals surface area contributed by atoms with Crippen LogP contribution >= 0.6 is 0 Å². The molecular formula is C14H23N3O. The average molecular weight is 249 g/mol. The largest absolute Gasteiger partial charge is 0.346 e. The smallest absolute Gasteiger partial charge is 0.268 e. The Balaban J connectivity index is 2.05. The fourth-order valence-electron chi connectivity index (χ4n) is 2.62. The molecule has 1 heterocycles. The summed E-state index contributed by atoms with van der Waals surface area (Å²) in [6.45, 7) is 4.15. The van der Waals surface area contributed by atoms with Gasteiger partial charge in [0.25, 0.3) is 5.91 Å². The van der Waals surface area contributed by atoms with E-state index in [0.717, 1.165) is 25.0 Å². The molecule has 4 nitrogen and oxygen atoms in total. The molecule has 0 aromatic carbocycles. The van der Waals surface area contributed by atoms with Crippen molar-refractivity contribution in [1.29, 1.82) is 0 Å². The third kappa shape index (κ3) is 2.75. The van der Waals surface area contributed by atoms with Crippen LogP contribution in [-0.2, 0) is 0 Å². The van der Waals surface area contributed by atoms with Gasteiger partial charge in [0.1, 0.15) is 5.69 Å². The summed E-state index contributed by atoms with van der Waals surface area (Å²) in [5, 5.41) is 3.08. The number of carbonyl (C=O) groups is 1. The second-order valence-electron chi connectivity index (χ2n) is 5.42. The van der Waals surface area contributed by atoms with Crippen molar-refractivity contribution < 1.29 is 4.79 Å². The molecule has 2 atom stereocenters. The minimum absolute atomic E-state index is 0.00366. The van der Waals surface area contributed by atoms with Gasteiger partial charge in [-0.25, -0.2) is 0 Å². The fourth-order valence-corrected chi connectivity index (χ4v) is 2.62. The maximum Gasteiger partial charge on any atom is 0.268 e. The number of hydrogen-bond donors (Lipinski definition) is 2. The molecule has 2 unspecified atom stereocenters. The molecule has 0 bridgehead atoms. The lowest BCUT2D eigenvalue weighted by Crippen LogP contribution is -2.49. The number of nitrogens with zero attached hydrogens (tertiary/aromatic N) is 1. The number of rotatable bonds is 3. The van der Waals surface area contributed by atoms with Crippen molar-refractivity contribution >= 4 is 5.91 Å².